The molecule has 1 unspecified atom stereocenters. The minimum absolute atomic E-state index is 0.120. The number of hydrogen-bond acceptors (Lipinski definition) is 6. The Hall–Kier alpha value is -2.00. The number of amides is 1. The molecule has 9 heteroatoms. The van der Waals surface area contributed by atoms with Crippen LogP contribution < -0.4 is 10.0 Å². The number of nitrogens with two attached hydrogens (primary N) is 1. The summed E-state index contributed by atoms with van der Waals surface area (Å²) in [7, 11) is -2.36. The van der Waals surface area contributed by atoms with E-state index in [0.29, 0.717) is 5.69 Å². The minimum Gasteiger partial charge on any atom is -0.464 e. The summed E-state index contributed by atoms with van der Waals surface area (Å²) in [5, 5.41) is 4.99. The molecule has 21 heavy (non-hydrogen) atoms. The van der Waals surface area contributed by atoms with E-state index >= 15 is 0 Å². The van der Waals surface area contributed by atoms with Gasteiger partial charge in [-0.2, -0.15) is 0 Å². The highest BCUT2D eigenvalue weighted by atomic mass is 32.2. The summed E-state index contributed by atoms with van der Waals surface area (Å²) < 4.78 is 26.7. The Morgan fingerprint density at radius 2 is 2.24 bits per heavy atom. The third-order valence-electron chi connectivity index (χ3n) is 3.13. The van der Waals surface area contributed by atoms with Gasteiger partial charge in [0.2, 0.25) is 15.9 Å². The molecule has 1 fully saturated rings. The summed E-state index contributed by atoms with van der Waals surface area (Å²) in [6, 6.07) is 3.01. The molecule has 2 heterocycles. The molecule has 0 spiro atoms. The van der Waals surface area contributed by atoms with Gasteiger partial charge < -0.3 is 9.64 Å². The molecule has 2 rings (SSSR count). The summed E-state index contributed by atoms with van der Waals surface area (Å²) in [4.78, 5) is 28.5. The molecule has 0 saturated carbocycles. The first kappa shape index (κ1) is 15.4. The van der Waals surface area contributed by atoms with E-state index in [-0.39, 0.29) is 36.2 Å². The lowest BCUT2D eigenvalue weighted by molar-refractivity contribution is -0.117. The average Bonchev–Trinajstić information content (AvgIpc) is 2.76. The maximum atomic E-state index is 11.9. The fourth-order valence-corrected chi connectivity index (χ4v) is 3.12. The van der Waals surface area contributed by atoms with Crippen LogP contribution in [0.15, 0.2) is 18.3 Å². The number of methoxy groups -OCH3 is 1. The number of carbonyl (C=O) groups is 2. The largest absolute Gasteiger partial charge is 0.464 e. The summed E-state index contributed by atoms with van der Waals surface area (Å²) >= 11 is 0. The number of carbonyl (C=O) groups excluding carboxylic acids is 2. The van der Waals surface area contributed by atoms with Gasteiger partial charge in [-0.25, -0.2) is 23.3 Å². The Balaban J connectivity index is 2.12. The molecule has 1 aromatic rings. The number of ether oxygens (including phenoxy) is 1. The second-order valence-corrected chi connectivity index (χ2v) is 6.46. The van der Waals surface area contributed by atoms with Crippen molar-refractivity contribution in [1.29, 1.82) is 0 Å². The Bertz CT molecular complexity index is 656. The summed E-state index contributed by atoms with van der Waals surface area (Å²) in [6.07, 6.45) is 1.50. The van der Waals surface area contributed by atoms with Crippen molar-refractivity contribution in [3.05, 3.63) is 24.0 Å². The lowest BCUT2D eigenvalue weighted by Crippen LogP contribution is -2.27. The van der Waals surface area contributed by atoms with Crippen molar-refractivity contribution < 1.29 is 22.7 Å². The van der Waals surface area contributed by atoms with Crippen LogP contribution in [0.2, 0.25) is 0 Å². The van der Waals surface area contributed by atoms with Gasteiger partial charge in [0, 0.05) is 18.9 Å². The first-order valence-corrected chi connectivity index (χ1v) is 7.87. The highest BCUT2D eigenvalue weighted by Crippen LogP contribution is 2.25. The zero-order valence-corrected chi connectivity index (χ0v) is 12.2. The molecule has 114 valence electrons. The van der Waals surface area contributed by atoms with Crippen LogP contribution in [0, 0.1) is 5.92 Å². The van der Waals surface area contributed by atoms with E-state index < -0.39 is 16.0 Å². The molecule has 1 aliphatic heterocycles. The fraction of sp³-hybridized carbons (Fsp3) is 0.417. The first-order chi connectivity index (χ1) is 9.80. The minimum atomic E-state index is -3.61. The summed E-state index contributed by atoms with van der Waals surface area (Å²) in [5.41, 5.74) is 0.638. The Kier molecular flexibility index (Phi) is 4.24. The molecule has 8 nitrogen and oxygen atoms in total. The van der Waals surface area contributed by atoms with Crippen molar-refractivity contribution >= 4 is 27.6 Å². The van der Waals surface area contributed by atoms with E-state index in [4.69, 9.17) is 5.14 Å². The van der Waals surface area contributed by atoms with E-state index in [0.717, 1.165) is 0 Å². The molecular weight excluding hydrogens is 298 g/mol. The monoisotopic (exact) mass is 313 g/mol. The maximum Gasteiger partial charge on any atom is 0.356 e. The van der Waals surface area contributed by atoms with Crippen LogP contribution in [0.5, 0.6) is 0 Å². The second kappa shape index (κ2) is 5.78. The average molecular weight is 313 g/mol. The number of nitrogens with zero attached hydrogens (tertiary/aromatic N) is 2. The van der Waals surface area contributed by atoms with Crippen LogP contribution in [-0.2, 0) is 19.6 Å². The molecule has 2 N–H and O–H groups in total. The number of anilines is 1. The van der Waals surface area contributed by atoms with Crippen LogP contribution >= 0.6 is 0 Å². The number of aromatic nitrogens is 1. The van der Waals surface area contributed by atoms with Gasteiger partial charge in [0.05, 0.1) is 24.7 Å². The van der Waals surface area contributed by atoms with Gasteiger partial charge in [-0.3, -0.25) is 4.79 Å². The van der Waals surface area contributed by atoms with Gasteiger partial charge in [-0.15, -0.1) is 0 Å². The highest BCUT2D eigenvalue weighted by Gasteiger charge is 2.33. The first-order valence-electron chi connectivity index (χ1n) is 6.15. The molecule has 1 amide bonds. The maximum absolute atomic E-state index is 11.9. The molecule has 1 aliphatic rings. The number of primary sulfonamides is 1. The molecule has 1 saturated heterocycles. The van der Waals surface area contributed by atoms with Crippen LogP contribution in [0.25, 0.3) is 0 Å². The van der Waals surface area contributed by atoms with Gasteiger partial charge in [0.25, 0.3) is 0 Å². The number of hydrogen-bond donors (Lipinski definition) is 1. The SMILES string of the molecule is COC(=O)c1ccc(N2CC(CS(N)(=O)=O)CC2=O)cn1. The van der Waals surface area contributed by atoms with Crippen LogP contribution in [0.4, 0.5) is 5.69 Å². The van der Waals surface area contributed by atoms with Crippen molar-refractivity contribution in [3.8, 4) is 0 Å². The van der Waals surface area contributed by atoms with Crippen molar-refractivity contribution in [2.45, 2.75) is 6.42 Å². The number of rotatable bonds is 4. The van der Waals surface area contributed by atoms with Gasteiger partial charge >= 0.3 is 5.97 Å². The third-order valence-corrected chi connectivity index (χ3v) is 4.06. The predicted octanol–water partition coefficient (Wildman–Crippen LogP) is -0.490. The molecule has 1 atom stereocenters. The van der Waals surface area contributed by atoms with E-state index in [1.807, 2.05) is 0 Å². The lowest BCUT2D eigenvalue weighted by atomic mass is 10.1. The smallest absolute Gasteiger partial charge is 0.356 e. The van der Waals surface area contributed by atoms with Gasteiger partial charge in [0.1, 0.15) is 5.69 Å². The quantitative estimate of drug-likeness (QED) is 0.749. The van der Waals surface area contributed by atoms with E-state index in [1.165, 1.54) is 24.3 Å². The summed E-state index contributed by atoms with van der Waals surface area (Å²) in [5.74, 6) is -1.34. The molecule has 0 radical (unpaired) electrons. The molecule has 1 aromatic heterocycles. The fourth-order valence-electron chi connectivity index (χ4n) is 2.24. The van der Waals surface area contributed by atoms with Crippen LogP contribution in [-0.4, -0.2) is 44.7 Å². The molecule has 0 aliphatic carbocycles. The van der Waals surface area contributed by atoms with Crippen molar-refractivity contribution in [2.75, 3.05) is 24.3 Å². The summed E-state index contributed by atoms with van der Waals surface area (Å²) in [6.45, 7) is 0.258. The van der Waals surface area contributed by atoms with E-state index in [9.17, 15) is 18.0 Å². The van der Waals surface area contributed by atoms with Crippen molar-refractivity contribution in [1.82, 2.24) is 4.98 Å². The topological polar surface area (TPSA) is 120 Å². The number of esters is 1. The third kappa shape index (κ3) is 3.76. The van der Waals surface area contributed by atoms with Crippen molar-refractivity contribution in [3.63, 3.8) is 0 Å². The highest BCUT2D eigenvalue weighted by molar-refractivity contribution is 7.89. The number of sulfonamides is 1. The van der Waals surface area contributed by atoms with Crippen LogP contribution in [0.1, 0.15) is 16.9 Å². The Labute approximate surface area is 121 Å². The van der Waals surface area contributed by atoms with Crippen molar-refractivity contribution in [2.24, 2.45) is 11.1 Å². The van der Waals surface area contributed by atoms with E-state index in [1.54, 1.807) is 6.07 Å². The van der Waals surface area contributed by atoms with Gasteiger partial charge in [-0.1, -0.05) is 0 Å². The standard InChI is InChI=1S/C12H15N3O5S/c1-20-12(17)10-3-2-9(5-14-10)15-6-8(4-11(15)16)7-21(13,18)19/h2-3,5,8H,4,6-7H2,1H3,(H2,13,18,19). The Morgan fingerprint density at radius 1 is 1.52 bits per heavy atom. The predicted molar refractivity (Wildman–Crippen MR) is 74.0 cm³/mol. The zero-order valence-electron chi connectivity index (χ0n) is 11.4. The number of pyridine rings is 1. The molecular formula is C12H15N3O5S. The second-order valence-electron chi connectivity index (χ2n) is 4.80. The zero-order chi connectivity index (χ0) is 15.6. The van der Waals surface area contributed by atoms with Gasteiger partial charge in [0.15, 0.2) is 0 Å². The lowest BCUT2D eigenvalue weighted by Gasteiger charge is -2.16. The van der Waals surface area contributed by atoms with E-state index in [2.05, 4.69) is 9.72 Å². The van der Waals surface area contributed by atoms with Crippen LogP contribution in [0.3, 0.4) is 0 Å². The normalized spacial score (nSPS) is 18.9. The Morgan fingerprint density at radius 3 is 2.76 bits per heavy atom. The molecule has 0 bridgehead atoms. The van der Waals surface area contributed by atoms with Gasteiger partial charge in [-0.05, 0) is 12.1 Å². The molecule has 0 aromatic carbocycles.